The number of thiol groups is 1. The minimum atomic E-state index is -6.54. The highest BCUT2D eigenvalue weighted by atomic mass is 32.1. The van der Waals surface area contributed by atoms with E-state index in [2.05, 4.69) is 41.8 Å². The summed E-state index contributed by atoms with van der Waals surface area (Å²) in [5.41, 5.74) is -13.5. The minimum Gasteiger partial charge on any atom is -0.349 e. The largest absolute Gasteiger partial charge is 0.355 e. The monoisotopic (exact) mass is 1030 g/mol. The first-order chi connectivity index (χ1) is 25.7. The molecule has 0 saturated carbocycles. The van der Waals surface area contributed by atoms with Gasteiger partial charge in [0.15, 0.2) is 0 Å². The summed E-state index contributed by atoms with van der Waals surface area (Å²) in [7, 11) is -52.3. The molecule has 0 bridgehead atoms. The lowest BCUT2D eigenvalue weighted by Gasteiger charge is -2.41. The Balaban J connectivity index is 0.000000766. The fraction of sp³-hybridized carbons (Fsp3) is 0.381. The van der Waals surface area contributed by atoms with Crippen LogP contribution in [-0.4, -0.2) is 133 Å². The maximum Gasteiger partial charge on any atom is 0.355 e. The number of benzene rings is 2. The van der Waals surface area contributed by atoms with Gasteiger partial charge in [-0.05, 0) is 11.1 Å². The molecule has 0 heterocycles. The van der Waals surface area contributed by atoms with Crippen LogP contribution < -0.4 is 0 Å². The zero-order valence-corrected chi connectivity index (χ0v) is 37.5. The summed E-state index contributed by atoms with van der Waals surface area (Å²) in [5.74, 6) is 0. The second-order valence-electron chi connectivity index (χ2n) is 11.7. The molecular formula is C21H39N3O24P8S2. The normalized spacial score (nSPS) is 14.1. The van der Waals surface area contributed by atoms with E-state index < -0.39 is 106 Å². The van der Waals surface area contributed by atoms with Crippen molar-refractivity contribution >= 4 is 89.9 Å². The van der Waals surface area contributed by atoms with E-state index in [4.69, 9.17) is 12.2 Å². The van der Waals surface area contributed by atoms with Crippen molar-refractivity contribution in [1.82, 2.24) is 14.7 Å². The molecule has 0 spiro atoms. The van der Waals surface area contributed by atoms with Crippen molar-refractivity contribution in [2.75, 3.05) is 13.1 Å². The maximum absolute atomic E-state index is 11.9. The zero-order chi connectivity index (χ0) is 45.7. The summed E-state index contributed by atoms with van der Waals surface area (Å²) >= 11 is 9.52. The average molecular weight is 1030 g/mol. The van der Waals surface area contributed by atoms with Gasteiger partial charge in [-0.1, -0.05) is 72.9 Å². The quantitative estimate of drug-likeness (QED) is 0.0502. The number of hydrogen-bond acceptors (Lipinski definition) is 11. The van der Waals surface area contributed by atoms with Gasteiger partial charge in [-0.15, -0.1) is 12.6 Å². The summed E-state index contributed by atoms with van der Waals surface area (Å²) in [5, 5.41) is 0. The Morgan fingerprint density at radius 1 is 0.431 bits per heavy atom. The number of thiocarbonyl (C=S) groups is 1. The van der Waals surface area contributed by atoms with Gasteiger partial charge in [-0.25, -0.2) is 0 Å². The van der Waals surface area contributed by atoms with E-state index in [1.165, 1.54) is 11.1 Å². The van der Waals surface area contributed by atoms with Crippen molar-refractivity contribution in [3.63, 3.8) is 0 Å². The predicted octanol–water partition coefficient (Wildman–Crippen LogP) is 0.0499. The Bertz CT molecular complexity index is 1770. The SMILES string of the molecule is O=P(O)(O)C(N(CCN(C(P(=O)(O)O)P(=O)(O)O)C(P(=O)(O)O)P(=O)(O)O)C(P(=O)(O)O)P(=O)(O)O)P(=O)(O)O.S=C(S)N(Cc1ccccc1)Cc1ccccc1. The van der Waals surface area contributed by atoms with E-state index in [1.807, 2.05) is 36.4 Å². The van der Waals surface area contributed by atoms with Crippen LogP contribution in [0.4, 0.5) is 0 Å². The molecule has 2 aromatic rings. The highest BCUT2D eigenvalue weighted by molar-refractivity contribution is 8.10. The Labute approximate surface area is 338 Å². The maximum atomic E-state index is 11.9. The lowest BCUT2D eigenvalue weighted by molar-refractivity contribution is 0.152. The number of nitrogens with zero attached hydrogens (tertiary/aromatic N) is 3. The fourth-order valence-corrected chi connectivity index (χ4v) is 17.5. The van der Waals surface area contributed by atoms with Crippen molar-refractivity contribution in [2.24, 2.45) is 0 Å². The topological polar surface area (TPSA) is 470 Å². The molecule has 2 rings (SSSR count). The molecular weight excluding hydrogens is 990 g/mol. The van der Waals surface area contributed by atoms with Crippen molar-refractivity contribution in [1.29, 1.82) is 0 Å². The fourth-order valence-electron chi connectivity index (χ4n) is 5.06. The summed E-state index contributed by atoms with van der Waals surface area (Å²) in [6, 6.07) is 20.6. The van der Waals surface area contributed by atoms with Crippen LogP contribution in [0.1, 0.15) is 11.1 Å². The summed E-state index contributed by atoms with van der Waals surface area (Å²) in [6.07, 6.45) is 0. The van der Waals surface area contributed by atoms with Gasteiger partial charge in [-0.3, -0.25) is 46.3 Å². The van der Waals surface area contributed by atoms with E-state index in [-0.39, 0.29) is 0 Å². The van der Waals surface area contributed by atoms with Crippen LogP contribution in [0.15, 0.2) is 60.7 Å². The Morgan fingerprint density at radius 3 is 0.776 bits per heavy atom. The average Bonchev–Trinajstić information content (AvgIpc) is 2.95. The summed E-state index contributed by atoms with van der Waals surface area (Å²) < 4.78 is 95.6. The third-order valence-corrected chi connectivity index (χ3v) is 21.9. The molecule has 0 atom stereocenters. The molecule has 37 heteroatoms. The second kappa shape index (κ2) is 21.0. The first-order valence-electron chi connectivity index (χ1n) is 14.7. The van der Waals surface area contributed by atoms with Crippen LogP contribution >= 0.6 is 85.6 Å². The Hall–Kier alpha value is -0.200. The second-order valence-corrected chi connectivity index (χ2v) is 27.8. The number of rotatable bonds is 19. The summed E-state index contributed by atoms with van der Waals surface area (Å²) in [4.78, 5) is 151. The smallest absolute Gasteiger partial charge is 0.349 e. The molecule has 0 radical (unpaired) electrons. The summed E-state index contributed by atoms with van der Waals surface area (Å²) in [6.45, 7) is -2.96. The highest BCUT2D eigenvalue weighted by Gasteiger charge is 2.61. The van der Waals surface area contributed by atoms with Gasteiger partial charge in [0.05, 0.1) is 0 Å². The third kappa shape index (κ3) is 17.9. The van der Waals surface area contributed by atoms with Gasteiger partial charge in [0.2, 0.25) is 22.1 Å². The first-order valence-corrected chi connectivity index (χ1v) is 29.0. The zero-order valence-electron chi connectivity index (χ0n) is 28.6. The van der Waals surface area contributed by atoms with Crippen molar-refractivity contribution in [3.8, 4) is 0 Å². The standard InChI is InChI=1S/C15H15NS2.C6H24N2O24P8/c17-15(18)16(11-13-7-3-1-4-8-13)12-14-9-5-2-6-10-14;9-33(10,11)3(34(12,13)14)7(4(35(15,16)17)36(18,19)20)1-2-8(5(37(21,22)23)38(24,25)26)6(39(27,28)29)40(30,31)32/h1-10H,11-12H2,(H,17,18);3-6H,1-2H2,(H2,9,10,11)(H2,12,13,14)(H2,15,16,17)(H2,18,19,20)(H2,21,22,23)(H2,24,25,26)(H2,27,28,29)(H2,30,31,32). The molecule has 0 aromatic heterocycles. The lowest BCUT2D eigenvalue weighted by Crippen LogP contribution is -2.50. The first kappa shape index (κ1) is 55.8. The van der Waals surface area contributed by atoms with Crippen LogP contribution in [0.2, 0.25) is 0 Å². The molecule has 2 aromatic carbocycles. The van der Waals surface area contributed by atoms with Crippen molar-refractivity contribution in [2.45, 2.75) is 35.2 Å². The molecule has 0 amide bonds. The van der Waals surface area contributed by atoms with Crippen LogP contribution in [0.3, 0.4) is 0 Å². The molecule has 0 aliphatic carbocycles. The molecule has 0 fully saturated rings. The molecule has 0 aliphatic heterocycles. The van der Waals surface area contributed by atoms with Crippen molar-refractivity contribution < 1.29 is 115 Å². The minimum absolute atomic E-state index is 0.628. The molecule has 58 heavy (non-hydrogen) atoms. The number of hydrogen-bond donors (Lipinski definition) is 17. The lowest BCUT2D eigenvalue weighted by atomic mass is 10.2. The van der Waals surface area contributed by atoms with E-state index >= 15 is 0 Å². The highest BCUT2D eigenvalue weighted by Crippen LogP contribution is 2.71. The molecule has 0 saturated heterocycles. The Morgan fingerprint density at radius 2 is 0.621 bits per heavy atom. The van der Waals surface area contributed by atoms with Crippen LogP contribution in [0.25, 0.3) is 0 Å². The van der Waals surface area contributed by atoms with Crippen LogP contribution in [0.5, 0.6) is 0 Å². The third-order valence-electron chi connectivity index (χ3n) is 6.91. The van der Waals surface area contributed by atoms with E-state index in [0.717, 1.165) is 13.1 Å². The van der Waals surface area contributed by atoms with Gasteiger partial charge < -0.3 is 83.2 Å². The molecule has 16 N–H and O–H groups in total. The van der Waals surface area contributed by atoms with E-state index in [0.29, 0.717) is 4.32 Å². The Kier molecular flexibility index (Phi) is 20.2. The molecule has 0 unspecified atom stereocenters. The van der Waals surface area contributed by atoms with Gasteiger partial charge in [0, 0.05) is 26.2 Å². The van der Waals surface area contributed by atoms with Gasteiger partial charge in [0.25, 0.3) is 0 Å². The van der Waals surface area contributed by atoms with E-state index in [9.17, 15) is 115 Å². The van der Waals surface area contributed by atoms with Gasteiger partial charge in [0.1, 0.15) is 4.32 Å². The molecule has 334 valence electrons. The van der Waals surface area contributed by atoms with Crippen LogP contribution in [-0.2, 0) is 49.6 Å². The van der Waals surface area contributed by atoms with Gasteiger partial charge in [-0.2, -0.15) is 0 Å². The molecule has 0 aliphatic rings. The van der Waals surface area contributed by atoms with Gasteiger partial charge >= 0.3 is 60.8 Å². The molecule has 27 nitrogen and oxygen atoms in total. The van der Waals surface area contributed by atoms with Crippen LogP contribution in [0, 0.1) is 0 Å². The van der Waals surface area contributed by atoms with E-state index in [1.54, 1.807) is 0 Å². The van der Waals surface area contributed by atoms with Crippen molar-refractivity contribution in [3.05, 3.63) is 71.8 Å². The predicted molar refractivity (Wildman–Crippen MR) is 209 cm³/mol.